The normalized spacial score (nSPS) is 11.0. The van der Waals surface area contributed by atoms with Crippen LogP contribution in [0.2, 0.25) is 0 Å². The number of aryl methyl sites for hydroxylation is 3. The molecule has 5 nitrogen and oxygen atoms in total. The molecule has 0 bridgehead atoms. The van der Waals surface area contributed by atoms with Gasteiger partial charge in [0.1, 0.15) is 5.76 Å². The molecule has 0 amide bonds. The lowest BCUT2D eigenvalue weighted by atomic mass is 10.2. The zero-order valence-corrected chi connectivity index (χ0v) is 10.4. The van der Waals surface area contributed by atoms with Crippen molar-refractivity contribution in [2.24, 2.45) is 0 Å². The molecule has 0 aliphatic rings. The van der Waals surface area contributed by atoms with Crippen LogP contribution in [0.1, 0.15) is 30.4 Å². The quantitative estimate of drug-likeness (QED) is 0.810. The molecule has 5 heteroatoms. The third-order valence-corrected chi connectivity index (χ3v) is 2.89. The van der Waals surface area contributed by atoms with Crippen LogP contribution < -0.4 is 5.69 Å². The van der Waals surface area contributed by atoms with Crippen molar-refractivity contribution < 1.29 is 4.52 Å². The molecule has 2 aromatic heterocycles. The third-order valence-electron chi connectivity index (χ3n) is 2.89. The summed E-state index contributed by atoms with van der Waals surface area (Å²) in [7, 11) is 0. The molecule has 0 N–H and O–H groups in total. The molecule has 0 radical (unpaired) electrons. The summed E-state index contributed by atoms with van der Waals surface area (Å²) in [5, 5.41) is 3.89. The summed E-state index contributed by atoms with van der Waals surface area (Å²) in [5.41, 5.74) is 1.85. The number of imidazole rings is 1. The first-order chi connectivity index (χ1) is 8.13. The van der Waals surface area contributed by atoms with E-state index in [-0.39, 0.29) is 5.69 Å². The van der Waals surface area contributed by atoms with Crippen LogP contribution in [0.5, 0.6) is 0 Å². The Morgan fingerprint density at radius 2 is 2.00 bits per heavy atom. The highest BCUT2D eigenvalue weighted by atomic mass is 16.5. The minimum Gasteiger partial charge on any atom is -0.361 e. The van der Waals surface area contributed by atoms with Crippen LogP contribution in [-0.2, 0) is 13.1 Å². The second kappa shape index (κ2) is 4.61. The van der Waals surface area contributed by atoms with Crippen LogP contribution in [0.25, 0.3) is 0 Å². The van der Waals surface area contributed by atoms with E-state index in [2.05, 4.69) is 12.1 Å². The van der Waals surface area contributed by atoms with Crippen LogP contribution >= 0.6 is 0 Å². The van der Waals surface area contributed by atoms with Gasteiger partial charge in [-0.1, -0.05) is 12.1 Å². The lowest BCUT2D eigenvalue weighted by Crippen LogP contribution is -2.24. The largest absolute Gasteiger partial charge is 0.361 e. The fraction of sp³-hybridized carbons (Fsp3) is 0.500. The van der Waals surface area contributed by atoms with Gasteiger partial charge in [0.05, 0.1) is 12.2 Å². The van der Waals surface area contributed by atoms with E-state index in [1.54, 1.807) is 9.13 Å². The van der Waals surface area contributed by atoms with Crippen LogP contribution in [0.15, 0.2) is 21.7 Å². The Hall–Kier alpha value is -1.78. The van der Waals surface area contributed by atoms with E-state index >= 15 is 0 Å². The Bertz CT molecular complexity index is 543. The Labute approximate surface area is 99.7 Å². The molecule has 2 heterocycles. The molecule has 0 aliphatic carbocycles. The van der Waals surface area contributed by atoms with Crippen molar-refractivity contribution in [2.45, 2.75) is 40.3 Å². The van der Waals surface area contributed by atoms with E-state index in [1.807, 2.05) is 26.2 Å². The first-order valence-corrected chi connectivity index (χ1v) is 5.80. The van der Waals surface area contributed by atoms with Crippen molar-refractivity contribution in [1.82, 2.24) is 14.3 Å². The maximum Gasteiger partial charge on any atom is 0.328 e. The van der Waals surface area contributed by atoms with Gasteiger partial charge in [0.15, 0.2) is 0 Å². The average Bonchev–Trinajstić information content (AvgIpc) is 2.80. The predicted molar refractivity (Wildman–Crippen MR) is 64.1 cm³/mol. The zero-order chi connectivity index (χ0) is 12.4. The fourth-order valence-electron chi connectivity index (χ4n) is 1.88. The second-order valence-electron chi connectivity index (χ2n) is 4.20. The number of hydrogen-bond acceptors (Lipinski definition) is 3. The molecule has 92 valence electrons. The van der Waals surface area contributed by atoms with Gasteiger partial charge < -0.3 is 4.52 Å². The summed E-state index contributed by atoms with van der Waals surface area (Å²) in [5.74, 6) is 0.776. The Morgan fingerprint density at radius 3 is 2.59 bits per heavy atom. The van der Waals surface area contributed by atoms with Crippen molar-refractivity contribution in [3.63, 3.8) is 0 Å². The van der Waals surface area contributed by atoms with E-state index in [1.165, 1.54) is 0 Å². The summed E-state index contributed by atoms with van der Waals surface area (Å²) in [6.07, 6.45) is 4.59. The molecule has 0 atom stereocenters. The highest BCUT2D eigenvalue weighted by Crippen LogP contribution is 2.12. The van der Waals surface area contributed by atoms with Gasteiger partial charge in [-0.3, -0.25) is 9.13 Å². The van der Waals surface area contributed by atoms with E-state index in [0.29, 0.717) is 6.54 Å². The van der Waals surface area contributed by atoms with Gasteiger partial charge in [-0.15, -0.1) is 0 Å². The molecule has 0 aromatic carbocycles. The molecule has 17 heavy (non-hydrogen) atoms. The van der Waals surface area contributed by atoms with Crippen molar-refractivity contribution in [3.8, 4) is 0 Å². The summed E-state index contributed by atoms with van der Waals surface area (Å²) in [6, 6.07) is 0. The number of rotatable bonds is 4. The van der Waals surface area contributed by atoms with E-state index in [9.17, 15) is 4.79 Å². The highest BCUT2D eigenvalue weighted by molar-refractivity contribution is 5.21. The van der Waals surface area contributed by atoms with Gasteiger partial charge in [0.2, 0.25) is 0 Å². The molecule has 0 spiro atoms. The Morgan fingerprint density at radius 1 is 1.29 bits per heavy atom. The van der Waals surface area contributed by atoms with Crippen molar-refractivity contribution >= 4 is 0 Å². The molecular weight excluding hydrogens is 218 g/mol. The van der Waals surface area contributed by atoms with Crippen LogP contribution in [0, 0.1) is 13.8 Å². The Kier molecular flexibility index (Phi) is 3.17. The molecule has 2 rings (SSSR count). The zero-order valence-electron chi connectivity index (χ0n) is 10.4. The molecular formula is C12H17N3O2. The van der Waals surface area contributed by atoms with Crippen LogP contribution in [0.4, 0.5) is 0 Å². The SMILES string of the molecule is CCCn1ccn(Cc2c(C)noc2C)c1=O. The minimum atomic E-state index is 0.0202. The topological polar surface area (TPSA) is 53.0 Å². The van der Waals surface area contributed by atoms with Gasteiger partial charge in [-0.2, -0.15) is 0 Å². The summed E-state index contributed by atoms with van der Waals surface area (Å²) in [6.45, 7) is 7.09. The standard InChI is InChI=1S/C12H17N3O2/c1-4-5-14-6-7-15(12(14)16)8-11-9(2)13-17-10(11)3/h6-7H,4-5,8H2,1-3H3. The molecule has 0 fully saturated rings. The third kappa shape index (κ3) is 2.18. The first kappa shape index (κ1) is 11.7. The van der Waals surface area contributed by atoms with Gasteiger partial charge in [-0.25, -0.2) is 4.79 Å². The van der Waals surface area contributed by atoms with Crippen molar-refractivity contribution in [2.75, 3.05) is 0 Å². The maximum absolute atomic E-state index is 12.0. The first-order valence-electron chi connectivity index (χ1n) is 5.80. The van der Waals surface area contributed by atoms with Gasteiger partial charge in [0, 0.05) is 24.5 Å². The van der Waals surface area contributed by atoms with E-state index in [4.69, 9.17) is 4.52 Å². The maximum atomic E-state index is 12.0. The van der Waals surface area contributed by atoms with E-state index < -0.39 is 0 Å². The number of aromatic nitrogens is 3. The highest BCUT2D eigenvalue weighted by Gasteiger charge is 2.11. The lowest BCUT2D eigenvalue weighted by molar-refractivity contribution is 0.392. The van der Waals surface area contributed by atoms with Crippen LogP contribution in [0.3, 0.4) is 0 Å². The van der Waals surface area contributed by atoms with E-state index in [0.717, 1.165) is 30.0 Å². The van der Waals surface area contributed by atoms with Crippen molar-refractivity contribution in [3.05, 3.63) is 39.9 Å². The fourth-order valence-corrected chi connectivity index (χ4v) is 1.88. The lowest BCUT2D eigenvalue weighted by Gasteiger charge is -2.01. The molecule has 2 aromatic rings. The summed E-state index contributed by atoms with van der Waals surface area (Å²) >= 11 is 0. The monoisotopic (exact) mass is 235 g/mol. The summed E-state index contributed by atoms with van der Waals surface area (Å²) < 4.78 is 8.49. The molecule has 0 unspecified atom stereocenters. The molecule has 0 saturated carbocycles. The average molecular weight is 235 g/mol. The van der Waals surface area contributed by atoms with Gasteiger partial charge in [0.25, 0.3) is 0 Å². The van der Waals surface area contributed by atoms with Crippen molar-refractivity contribution in [1.29, 1.82) is 0 Å². The second-order valence-corrected chi connectivity index (χ2v) is 4.20. The molecule has 0 saturated heterocycles. The number of nitrogens with zero attached hydrogens (tertiary/aromatic N) is 3. The van der Waals surface area contributed by atoms with Gasteiger partial charge in [-0.05, 0) is 20.3 Å². The number of hydrogen-bond donors (Lipinski definition) is 0. The Balaban J connectivity index is 2.28. The predicted octanol–water partition coefficient (Wildman–Crippen LogP) is 1.71. The summed E-state index contributed by atoms with van der Waals surface area (Å²) in [4.78, 5) is 12.0. The van der Waals surface area contributed by atoms with Crippen LogP contribution in [-0.4, -0.2) is 14.3 Å². The molecule has 0 aliphatic heterocycles. The van der Waals surface area contributed by atoms with Gasteiger partial charge >= 0.3 is 5.69 Å². The smallest absolute Gasteiger partial charge is 0.328 e. The minimum absolute atomic E-state index is 0.0202.